The molecule has 1 aliphatic heterocycles. The van der Waals surface area contributed by atoms with E-state index in [2.05, 4.69) is 12.2 Å². The van der Waals surface area contributed by atoms with Crippen molar-refractivity contribution < 1.29 is 9.53 Å². The fourth-order valence-electron chi connectivity index (χ4n) is 2.42. The average molecular weight is 169 g/mol. The predicted octanol–water partition coefficient (Wildman–Crippen LogP) is 1.67. The van der Waals surface area contributed by atoms with Crippen molar-refractivity contribution in [2.45, 2.75) is 44.8 Å². The largest absolute Gasteiger partial charge is 0.441 e. The molecule has 2 rings (SSSR count). The fraction of sp³-hybridized carbons (Fsp3) is 0.889. The van der Waals surface area contributed by atoms with Crippen LogP contribution >= 0.6 is 0 Å². The number of hydrogen-bond acceptors (Lipinski definition) is 2. The fourth-order valence-corrected chi connectivity index (χ4v) is 2.42. The van der Waals surface area contributed by atoms with Crippen molar-refractivity contribution >= 4 is 6.09 Å². The quantitative estimate of drug-likeness (QED) is 0.599. The van der Waals surface area contributed by atoms with Crippen LogP contribution in [-0.4, -0.2) is 17.2 Å². The predicted molar refractivity (Wildman–Crippen MR) is 44.8 cm³/mol. The Bertz CT molecular complexity index is 229. The molecule has 3 heteroatoms. The third-order valence-corrected chi connectivity index (χ3v) is 3.24. The highest BCUT2D eigenvalue weighted by Crippen LogP contribution is 2.49. The van der Waals surface area contributed by atoms with Gasteiger partial charge in [0.15, 0.2) is 0 Å². The molecule has 0 atom stereocenters. The van der Waals surface area contributed by atoms with Crippen LogP contribution in [0.3, 0.4) is 0 Å². The van der Waals surface area contributed by atoms with Crippen LogP contribution < -0.4 is 5.32 Å². The van der Waals surface area contributed by atoms with Gasteiger partial charge in [-0.2, -0.15) is 0 Å². The molecule has 0 aromatic rings. The molecule has 0 bridgehead atoms. The zero-order valence-corrected chi connectivity index (χ0v) is 7.81. The normalized spacial score (nSPS) is 43.6. The summed E-state index contributed by atoms with van der Waals surface area (Å²) in [6.07, 6.45) is 1.84. The molecule has 2 fully saturated rings. The van der Waals surface area contributed by atoms with Crippen molar-refractivity contribution in [2.75, 3.05) is 0 Å². The second-order valence-corrected chi connectivity index (χ2v) is 4.62. The van der Waals surface area contributed by atoms with Crippen LogP contribution in [0.1, 0.15) is 33.6 Å². The summed E-state index contributed by atoms with van der Waals surface area (Å²) in [5, 5.41) is 2.93. The standard InChI is InChI=1S/C9H15NO2/c1-6-4-9(5-6)8(2,3)12-7(11)10-9/h6H,4-5H2,1-3H3,(H,10,11)/t6-,9+. The van der Waals surface area contributed by atoms with Crippen molar-refractivity contribution in [1.82, 2.24) is 5.32 Å². The Morgan fingerprint density at radius 1 is 1.50 bits per heavy atom. The van der Waals surface area contributed by atoms with Crippen molar-refractivity contribution in [3.8, 4) is 0 Å². The Hall–Kier alpha value is -0.730. The van der Waals surface area contributed by atoms with Crippen LogP contribution in [0.5, 0.6) is 0 Å². The second-order valence-electron chi connectivity index (χ2n) is 4.62. The zero-order chi connectivity index (χ0) is 8.98. The van der Waals surface area contributed by atoms with Gasteiger partial charge in [0.1, 0.15) is 5.60 Å². The number of carbonyl (C=O) groups is 1. The maximum absolute atomic E-state index is 11.0. The molecule has 3 nitrogen and oxygen atoms in total. The molecule has 1 amide bonds. The number of hydrogen-bond donors (Lipinski definition) is 1. The Morgan fingerprint density at radius 2 is 2.08 bits per heavy atom. The molecule has 0 aromatic carbocycles. The molecule has 1 spiro atoms. The number of alkyl carbamates (subject to hydrolysis) is 1. The molecule has 1 aliphatic carbocycles. The van der Waals surface area contributed by atoms with Gasteiger partial charge in [-0.3, -0.25) is 0 Å². The SMILES string of the molecule is CC1(C)OC(=O)N[C@]12C[C@@H](C)C2. The minimum Gasteiger partial charge on any atom is -0.441 e. The van der Waals surface area contributed by atoms with E-state index >= 15 is 0 Å². The van der Waals surface area contributed by atoms with Gasteiger partial charge in [0.25, 0.3) is 0 Å². The smallest absolute Gasteiger partial charge is 0.408 e. The highest BCUT2D eigenvalue weighted by molar-refractivity contribution is 5.72. The molecule has 12 heavy (non-hydrogen) atoms. The first-order chi connectivity index (χ1) is 5.45. The summed E-state index contributed by atoms with van der Waals surface area (Å²) in [7, 11) is 0. The lowest BCUT2D eigenvalue weighted by Gasteiger charge is -2.49. The van der Waals surface area contributed by atoms with Gasteiger partial charge in [-0.15, -0.1) is 0 Å². The third-order valence-electron chi connectivity index (χ3n) is 3.24. The van der Waals surface area contributed by atoms with E-state index in [0.29, 0.717) is 5.92 Å². The Morgan fingerprint density at radius 3 is 2.42 bits per heavy atom. The van der Waals surface area contributed by atoms with E-state index in [4.69, 9.17) is 4.74 Å². The number of carbonyl (C=O) groups excluding carboxylic acids is 1. The molecule has 1 heterocycles. The molecule has 68 valence electrons. The number of cyclic esters (lactones) is 1. The number of ether oxygens (including phenoxy) is 1. The minimum atomic E-state index is -0.323. The lowest BCUT2D eigenvalue weighted by Crippen LogP contribution is -2.61. The van der Waals surface area contributed by atoms with E-state index in [1.54, 1.807) is 0 Å². The number of rotatable bonds is 0. The van der Waals surface area contributed by atoms with Gasteiger partial charge < -0.3 is 10.1 Å². The van der Waals surface area contributed by atoms with Crippen molar-refractivity contribution in [3.63, 3.8) is 0 Å². The van der Waals surface area contributed by atoms with Gasteiger partial charge in [0, 0.05) is 0 Å². The summed E-state index contributed by atoms with van der Waals surface area (Å²) in [5.74, 6) is 0.714. The monoisotopic (exact) mass is 169 g/mol. The van der Waals surface area contributed by atoms with Crippen LogP contribution in [-0.2, 0) is 4.74 Å². The maximum atomic E-state index is 11.0. The van der Waals surface area contributed by atoms with E-state index in [1.807, 2.05) is 13.8 Å². The molecule has 2 aliphatic rings. The summed E-state index contributed by atoms with van der Waals surface area (Å²) < 4.78 is 5.20. The van der Waals surface area contributed by atoms with Gasteiger partial charge in [0.05, 0.1) is 5.54 Å². The average Bonchev–Trinajstić information content (AvgIpc) is 2.00. The van der Waals surface area contributed by atoms with Crippen molar-refractivity contribution in [3.05, 3.63) is 0 Å². The summed E-state index contributed by atoms with van der Waals surface area (Å²) in [4.78, 5) is 11.0. The third kappa shape index (κ3) is 0.793. The number of nitrogens with one attached hydrogen (secondary N) is 1. The molecular formula is C9H15NO2. The van der Waals surface area contributed by atoms with E-state index in [-0.39, 0.29) is 17.2 Å². The highest BCUT2D eigenvalue weighted by Gasteiger charge is 2.60. The Balaban J connectivity index is 2.21. The summed E-state index contributed by atoms with van der Waals surface area (Å²) in [5.41, 5.74) is -0.389. The van der Waals surface area contributed by atoms with Crippen LogP contribution in [0, 0.1) is 5.92 Å². The van der Waals surface area contributed by atoms with E-state index in [0.717, 1.165) is 12.8 Å². The number of amides is 1. The molecule has 0 radical (unpaired) electrons. The Labute approximate surface area is 72.5 Å². The van der Waals surface area contributed by atoms with Crippen molar-refractivity contribution in [2.24, 2.45) is 5.92 Å². The van der Waals surface area contributed by atoms with Gasteiger partial charge in [-0.1, -0.05) is 6.92 Å². The lowest BCUT2D eigenvalue weighted by molar-refractivity contribution is -0.0258. The lowest BCUT2D eigenvalue weighted by atomic mass is 9.62. The second kappa shape index (κ2) is 1.95. The van der Waals surface area contributed by atoms with Gasteiger partial charge in [0.2, 0.25) is 0 Å². The van der Waals surface area contributed by atoms with Gasteiger partial charge >= 0.3 is 6.09 Å². The molecular weight excluding hydrogens is 154 g/mol. The van der Waals surface area contributed by atoms with E-state index < -0.39 is 0 Å². The first kappa shape index (κ1) is 7.90. The molecule has 0 aromatic heterocycles. The Kier molecular flexibility index (Phi) is 1.28. The molecule has 1 saturated carbocycles. The zero-order valence-electron chi connectivity index (χ0n) is 7.81. The van der Waals surface area contributed by atoms with Crippen LogP contribution in [0.2, 0.25) is 0 Å². The van der Waals surface area contributed by atoms with Crippen molar-refractivity contribution in [1.29, 1.82) is 0 Å². The molecule has 1 N–H and O–H groups in total. The summed E-state index contributed by atoms with van der Waals surface area (Å²) >= 11 is 0. The highest BCUT2D eigenvalue weighted by atomic mass is 16.6. The summed E-state index contributed by atoms with van der Waals surface area (Å²) in [6.45, 7) is 6.17. The van der Waals surface area contributed by atoms with Gasteiger partial charge in [-0.05, 0) is 32.6 Å². The topological polar surface area (TPSA) is 38.3 Å². The first-order valence-electron chi connectivity index (χ1n) is 4.46. The minimum absolute atomic E-state index is 0.0660. The molecule has 1 saturated heterocycles. The van der Waals surface area contributed by atoms with E-state index in [9.17, 15) is 4.79 Å². The van der Waals surface area contributed by atoms with Crippen LogP contribution in [0.25, 0.3) is 0 Å². The van der Waals surface area contributed by atoms with E-state index in [1.165, 1.54) is 0 Å². The summed E-state index contributed by atoms with van der Waals surface area (Å²) in [6, 6.07) is 0. The van der Waals surface area contributed by atoms with Crippen LogP contribution in [0.15, 0.2) is 0 Å². The van der Waals surface area contributed by atoms with Crippen LogP contribution in [0.4, 0.5) is 4.79 Å². The molecule has 0 unspecified atom stereocenters. The first-order valence-corrected chi connectivity index (χ1v) is 4.46. The van der Waals surface area contributed by atoms with Gasteiger partial charge in [-0.25, -0.2) is 4.79 Å². The maximum Gasteiger partial charge on any atom is 0.408 e.